The maximum atomic E-state index is 12.7. The number of methoxy groups -OCH3 is 1. The Labute approximate surface area is 159 Å². The van der Waals surface area contributed by atoms with Gasteiger partial charge in [-0.15, -0.1) is 5.01 Å². The number of nitrogens with zero attached hydrogens (tertiary/aromatic N) is 2. The van der Waals surface area contributed by atoms with Crippen LogP contribution in [0.3, 0.4) is 0 Å². The Hall–Kier alpha value is -2.57. The van der Waals surface area contributed by atoms with E-state index in [2.05, 4.69) is 17.3 Å². The molecule has 1 aliphatic heterocycles. The van der Waals surface area contributed by atoms with Crippen LogP contribution in [0, 0.1) is 0 Å². The first-order chi connectivity index (χ1) is 13.1. The summed E-state index contributed by atoms with van der Waals surface area (Å²) in [4.78, 5) is 25.0. The van der Waals surface area contributed by atoms with Gasteiger partial charge in [-0.3, -0.25) is 4.79 Å². The molecular formula is C20H27N3O4. The number of hydrogen-bond donors (Lipinski definition) is 1. The van der Waals surface area contributed by atoms with E-state index in [0.29, 0.717) is 30.9 Å². The number of urea groups is 1. The van der Waals surface area contributed by atoms with Crippen LogP contribution in [0.4, 0.5) is 4.79 Å². The lowest BCUT2D eigenvalue weighted by molar-refractivity contribution is -0.132. The van der Waals surface area contributed by atoms with Crippen LogP contribution in [-0.4, -0.2) is 42.4 Å². The van der Waals surface area contributed by atoms with Gasteiger partial charge in [-0.25, -0.2) is 4.79 Å². The van der Waals surface area contributed by atoms with Gasteiger partial charge in [0.1, 0.15) is 5.54 Å². The molecule has 0 radical (unpaired) electrons. The highest BCUT2D eigenvalue weighted by atomic mass is 16.5. The Morgan fingerprint density at radius 2 is 2.00 bits per heavy atom. The van der Waals surface area contributed by atoms with Gasteiger partial charge in [-0.2, -0.15) is 5.10 Å². The van der Waals surface area contributed by atoms with Crippen molar-refractivity contribution in [3.63, 3.8) is 0 Å². The van der Waals surface area contributed by atoms with E-state index >= 15 is 0 Å². The van der Waals surface area contributed by atoms with Crippen molar-refractivity contribution in [1.82, 2.24) is 10.3 Å². The van der Waals surface area contributed by atoms with Crippen LogP contribution in [0.1, 0.15) is 57.4 Å². The number of imide groups is 1. The Balaban J connectivity index is 1.71. The third-order valence-electron chi connectivity index (χ3n) is 5.11. The molecule has 0 bridgehead atoms. The minimum absolute atomic E-state index is 0.255. The third-order valence-corrected chi connectivity index (χ3v) is 5.11. The van der Waals surface area contributed by atoms with Gasteiger partial charge in [-0.05, 0) is 43.0 Å². The van der Waals surface area contributed by atoms with E-state index in [0.717, 1.165) is 42.7 Å². The van der Waals surface area contributed by atoms with E-state index in [1.54, 1.807) is 13.2 Å². The van der Waals surface area contributed by atoms with Gasteiger partial charge in [0, 0.05) is 0 Å². The van der Waals surface area contributed by atoms with Gasteiger partial charge in [0.15, 0.2) is 11.5 Å². The Bertz CT molecular complexity index is 726. The zero-order chi connectivity index (χ0) is 19.3. The molecule has 7 nitrogen and oxygen atoms in total. The fraction of sp³-hybridized carbons (Fsp3) is 0.550. The van der Waals surface area contributed by atoms with Gasteiger partial charge < -0.3 is 14.8 Å². The second kappa shape index (κ2) is 8.41. The predicted molar refractivity (Wildman–Crippen MR) is 102 cm³/mol. The summed E-state index contributed by atoms with van der Waals surface area (Å²) in [6.07, 6.45) is 7.88. The highest BCUT2D eigenvalue weighted by molar-refractivity contribution is 6.07. The summed E-state index contributed by atoms with van der Waals surface area (Å²) in [7, 11) is 1.58. The predicted octanol–water partition coefficient (Wildman–Crippen LogP) is 3.46. The first-order valence-electron chi connectivity index (χ1n) is 9.61. The smallest absolute Gasteiger partial charge is 0.346 e. The first-order valence-corrected chi connectivity index (χ1v) is 9.61. The minimum Gasteiger partial charge on any atom is -0.493 e. The van der Waals surface area contributed by atoms with Crippen LogP contribution in [-0.2, 0) is 4.79 Å². The lowest BCUT2D eigenvalue weighted by atomic mass is 9.82. The zero-order valence-electron chi connectivity index (χ0n) is 16.0. The van der Waals surface area contributed by atoms with Crippen LogP contribution < -0.4 is 14.8 Å². The molecule has 146 valence electrons. The van der Waals surface area contributed by atoms with Crippen molar-refractivity contribution in [3.05, 3.63) is 23.8 Å². The summed E-state index contributed by atoms with van der Waals surface area (Å²) < 4.78 is 11.1. The average molecular weight is 373 g/mol. The van der Waals surface area contributed by atoms with E-state index in [1.807, 2.05) is 12.1 Å². The monoisotopic (exact) mass is 373 g/mol. The van der Waals surface area contributed by atoms with Crippen molar-refractivity contribution >= 4 is 18.2 Å². The summed E-state index contributed by atoms with van der Waals surface area (Å²) in [5.41, 5.74) is -0.0404. The van der Waals surface area contributed by atoms with E-state index in [1.165, 1.54) is 6.21 Å². The highest BCUT2D eigenvalue weighted by Crippen LogP contribution is 2.34. The van der Waals surface area contributed by atoms with Gasteiger partial charge >= 0.3 is 6.03 Å². The largest absolute Gasteiger partial charge is 0.493 e. The molecule has 1 aromatic carbocycles. The maximum Gasteiger partial charge on any atom is 0.346 e. The summed E-state index contributed by atoms with van der Waals surface area (Å²) >= 11 is 0. The van der Waals surface area contributed by atoms with Crippen molar-refractivity contribution in [1.29, 1.82) is 0 Å². The van der Waals surface area contributed by atoms with Gasteiger partial charge in [0.2, 0.25) is 0 Å². The topological polar surface area (TPSA) is 80.2 Å². The van der Waals surface area contributed by atoms with Gasteiger partial charge in [0.25, 0.3) is 5.91 Å². The van der Waals surface area contributed by atoms with E-state index in [-0.39, 0.29) is 5.91 Å². The number of amides is 3. The molecule has 1 aliphatic carbocycles. The molecule has 3 rings (SSSR count). The molecule has 1 saturated carbocycles. The van der Waals surface area contributed by atoms with Crippen molar-refractivity contribution < 1.29 is 19.1 Å². The zero-order valence-corrected chi connectivity index (χ0v) is 16.0. The number of carbonyl (C=O) groups excluding carboxylic acids is 2. The van der Waals surface area contributed by atoms with E-state index in [4.69, 9.17) is 9.47 Å². The quantitative estimate of drug-likeness (QED) is 0.451. The van der Waals surface area contributed by atoms with E-state index in [9.17, 15) is 9.59 Å². The summed E-state index contributed by atoms with van der Waals surface area (Å²) in [6.45, 7) is 2.73. The molecule has 0 atom stereocenters. The molecule has 0 aromatic heterocycles. The second-order valence-corrected chi connectivity index (χ2v) is 7.05. The molecule has 3 amide bonds. The lowest BCUT2D eigenvalue weighted by Gasteiger charge is -2.29. The number of hydrazone groups is 1. The average Bonchev–Trinajstić information content (AvgIpc) is 2.91. The van der Waals surface area contributed by atoms with Gasteiger partial charge in [0.05, 0.1) is 19.9 Å². The maximum absolute atomic E-state index is 12.7. The standard InChI is InChI=1S/C20H27N3O4/c1-3-4-12-27-16-9-8-15(13-17(16)26-2)14-21-23-18(24)20(22-19(23)25)10-6-5-7-11-20/h8-9,13-14H,3-7,10-12H2,1-2H3,(H,22,25)/b21-14-. The molecule has 2 aliphatic rings. The first kappa shape index (κ1) is 19.2. The third kappa shape index (κ3) is 4.07. The van der Waals surface area contributed by atoms with Gasteiger partial charge in [-0.1, -0.05) is 32.6 Å². The number of rotatable bonds is 7. The number of hydrogen-bond acceptors (Lipinski definition) is 5. The molecule has 27 heavy (non-hydrogen) atoms. The van der Waals surface area contributed by atoms with Crippen molar-refractivity contribution in [2.75, 3.05) is 13.7 Å². The van der Waals surface area contributed by atoms with Crippen LogP contribution in [0.25, 0.3) is 0 Å². The molecule has 1 heterocycles. The molecule has 7 heteroatoms. The number of benzene rings is 1. The van der Waals surface area contributed by atoms with Crippen molar-refractivity contribution in [2.45, 2.75) is 57.4 Å². The summed E-state index contributed by atoms with van der Waals surface area (Å²) in [5, 5.41) is 7.93. The van der Waals surface area contributed by atoms with Crippen molar-refractivity contribution in [3.8, 4) is 11.5 Å². The fourth-order valence-corrected chi connectivity index (χ4v) is 3.54. The van der Waals surface area contributed by atoms with Crippen LogP contribution in [0.15, 0.2) is 23.3 Å². The highest BCUT2D eigenvalue weighted by Gasteiger charge is 2.51. The minimum atomic E-state index is -0.763. The normalized spacial score (nSPS) is 19.0. The number of nitrogens with one attached hydrogen (secondary N) is 1. The summed E-state index contributed by atoms with van der Waals surface area (Å²) in [5.74, 6) is 1.00. The SMILES string of the molecule is CCCCOc1ccc(/C=N\N2C(=O)NC3(CCCCC3)C2=O)cc1OC. The molecule has 0 unspecified atom stereocenters. The molecule has 1 N–H and O–H groups in total. The summed E-state index contributed by atoms with van der Waals surface area (Å²) in [6, 6.07) is 4.95. The second-order valence-electron chi connectivity index (χ2n) is 7.05. The molecular weight excluding hydrogens is 346 g/mol. The molecule has 1 spiro atoms. The molecule has 1 aromatic rings. The lowest BCUT2D eigenvalue weighted by Crippen LogP contribution is -2.48. The Morgan fingerprint density at radius 1 is 1.22 bits per heavy atom. The van der Waals surface area contributed by atoms with Crippen LogP contribution in [0.2, 0.25) is 0 Å². The number of unbranched alkanes of at least 4 members (excludes halogenated alkanes) is 1. The van der Waals surface area contributed by atoms with Crippen LogP contribution in [0.5, 0.6) is 11.5 Å². The molecule has 1 saturated heterocycles. The fourth-order valence-electron chi connectivity index (χ4n) is 3.54. The van der Waals surface area contributed by atoms with E-state index < -0.39 is 11.6 Å². The Kier molecular flexibility index (Phi) is 5.98. The van der Waals surface area contributed by atoms with Crippen molar-refractivity contribution in [2.24, 2.45) is 5.10 Å². The number of ether oxygens (including phenoxy) is 2. The van der Waals surface area contributed by atoms with Crippen LogP contribution >= 0.6 is 0 Å². The number of carbonyl (C=O) groups is 2. The Morgan fingerprint density at radius 3 is 2.70 bits per heavy atom. The molecule has 2 fully saturated rings.